The van der Waals surface area contributed by atoms with E-state index in [4.69, 9.17) is 0 Å². The highest BCUT2D eigenvalue weighted by molar-refractivity contribution is 7.72. The van der Waals surface area contributed by atoms with Gasteiger partial charge in [-0.25, -0.2) is 8.42 Å². The standard InChI is InChI=1S/C10H13NO3S/c1-8(12)11-6-5-9-3-2-4-10(7-9)15(13)14/h2-4,7,15H,5-6H2,1H3,(H,11,12). The molecule has 0 aliphatic carbocycles. The van der Waals surface area contributed by atoms with Gasteiger partial charge in [-0.1, -0.05) is 12.1 Å². The normalized spacial score (nSPS) is 10.3. The summed E-state index contributed by atoms with van der Waals surface area (Å²) in [5.41, 5.74) is 0.903. The fourth-order valence-corrected chi connectivity index (χ4v) is 1.69. The second-order valence-corrected chi connectivity index (χ2v) is 4.19. The molecule has 82 valence electrons. The summed E-state index contributed by atoms with van der Waals surface area (Å²) in [5, 5.41) is 2.65. The van der Waals surface area contributed by atoms with Crippen molar-refractivity contribution in [2.45, 2.75) is 18.2 Å². The number of thiol groups is 1. The molecule has 0 heterocycles. The van der Waals surface area contributed by atoms with Gasteiger partial charge < -0.3 is 5.32 Å². The molecule has 0 saturated heterocycles. The van der Waals surface area contributed by atoms with Crippen LogP contribution in [0.3, 0.4) is 0 Å². The van der Waals surface area contributed by atoms with Crippen LogP contribution in [0.25, 0.3) is 0 Å². The number of hydrogen-bond donors (Lipinski definition) is 2. The van der Waals surface area contributed by atoms with Crippen molar-refractivity contribution in [1.29, 1.82) is 0 Å². The van der Waals surface area contributed by atoms with Crippen molar-refractivity contribution in [2.24, 2.45) is 0 Å². The second kappa shape index (κ2) is 5.50. The quantitative estimate of drug-likeness (QED) is 0.729. The molecule has 0 radical (unpaired) electrons. The molecule has 0 fully saturated rings. The number of nitrogens with one attached hydrogen (secondary N) is 1. The maximum Gasteiger partial charge on any atom is 0.216 e. The lowest BCUT2D eigenvalue weighted by atomic mass is 10.1. The van der Waals surface area contributed by atoms with Crippen LogP contribution in [-0.2, 0) is 21.9 Å². The Balaban J connectivity index is 2.62. The molecule has 15 heavy (non-hydrogen) atoms. The van der Waals surface area contributed by atoms with Gasteiger partial charge in [0, 0.05) is 13.5 Å². The summed E-state index contributed by atoms with van der Waals surface area (Å²) in [6, 6.07) is 6.70. The molecule has 1 rings (SSSR count). The van der Waals surface area contributed by atoms with E-state index >= 15 is 0 Å². The summed E-state index contributed by atoms with van der Waals surface area (Å²) in [6.45, 7) is 1.97. The zero-order chi connectivity index (χ0) is 11.3. The van der Waals surface area contributed by atoms with Gasteiger partial charge in [0.2, 0.25) is 5.91 Å². The summed E-state index contributed by atoms with van der Waals surface area (Å²) in [4.78, 5) is 10.9. The van der Waals surface area contributed by atoms with Gasteiger partial charge in [0.05, 0.1) is 4.90 Å². The molecule has 0 aliphatic heterocycles. The maximum atomic E-state index is 10.7. The SMILES string of the molecule is CC(=O)NCCc1cccc([SH](=O)=O)c1. The molecule has 0 bridgehead atoms. The second-order valence-electron chi connectivity index (χ2n) is 3.16. The molecule has 0 saturated carbocycles. The Kier molecular flexibility index (Phi) is 4.30. The maximum absolute atomic E-state index is 10.7. The first-order chi connectivity index (χ1) is 7.09. The van der Waals surface area contributed by atoms with E-state index in [1.807, 2.05) is 6.07 Å². The lowest BCUT2D eigenvalue weighted by molar-refractivity contribution is -0.118. The Morgan fingerprint density at radius 2 is 2.13 bits per heavy atom. The molecule has 0 aromatic heterocycles. The topological polar surface area (TPSA) is 63.2 Å². The number of amides is 1. The third-order valence-corrected chi connectivity index (χ3v) is 2.61. The van der Waals surface area contributed by atoms with Crippen LogP contribution in [0, 0.1) is 0 Å². The molecule has 1 amide bonds. The Labute approximate surface area is 90.3 Å². The number of benzene rings is 1. The Morgan fingerprint density at radius 1 is 1.40 bits per heavy atom. The van der Waals surface area contributed by atoms with Crippen molar-refractivity contribution >= 4 is 16.6 Å². The van der Waals surface area contributed by atoms with Crippen LogP contribution in [0.2, 0.25) is 0 Å². The number of rotatable bonds is 4. The Morgan fingerprint density at radius 3 is 2.73 bits per heavy atom. The minimum absolute atomic E-state index is 0.0824. The van der Waals surface area contributed by atoms with Gasteiger partial charge in [0.15, 0.2) is 10.7 Å². The van der Waals surface area contributed by atoms with Crippen molar-refractivity contribution in [2.75, 3.05) is 6.54 Å². The number of carbonyl (C=O) groups excluding carboxylic acids is 1. The van der Waals surface area contributed by atoms with Crippen molar-refractivity contribution in [3.05, 3.63) is 29.8 Å². The first-order valence-corrected chi connectivity index (χ1v) is 5.75. The van der Waals surface area contributed by atoms with Gasteiger partial charge in [0.1, 0.15) is 0 Å². The molecule has 0 aliphatic rings. The molecule has 0 spiro atoms. The van der Waals surface area contributed by atoms with Crippen LogP contribution in [-0.4, -0.2) is 20.9 Å². The fourth-order valence-electron chi connectivity index (χ4n) is 1.21. The van der Waals surface area contributed by atoms with Crippen LogP contribution in [0.5, 0.6) is 0 Å². The van der Waals surface area contributed by atoms with E-state index in [-0.39, 0.29) is 5.91 Å². The van der Waals surface area contributed by atoms with Crippen LogP contribution in [0.4, 0.5) is 0 Å². The van der Waals surface area contributed by atoms with Crippen molar-refractivity contribution in [3.8, 4) is 0 Å². The zero-order valence-corrected chi connectivity index (χ0v) is 9.29. The van der Waals surface area contributed by atoms with Crippen molar-refractivity contribution in [1.82, 2.24) is 5.32 Å². The van der Waals surface area contributed by atoms with Gasteiger partial charge in [-0.3, -0.25) is 4.79 Å². The van der Waals surface area contributed by atoms with Gasteiger partial charge >= 0.3 is 0 Å². The van der Waals surface area contributed by atoms with Crippen molar-refractivity contribution < 1.29 is 13.2 Å². The number of carbonyl (C=O) groups is 1. The summed E-state index contributed by atoms with van der Waals surface area (Å²) in [7, 11) is -2.53. The summed E-state index contributed by atoms with van der Waals surface area (Å²) in [6.07, 6.45) is 0.636. The Bertz CT molecular complexity index is 418. The van der Waals surface area contributed by atoms with Gasteiger partial charge in [-0.15, -0.1) is 0 Å². The first kappa shape index (κ1) is 11.7. The number of hydrogen-bond acceptors (Lipinski definition) is 3. The van der Waals surface area contributed by atoms with Gasteiger partial charge in [-0.2, -0.15) is 0 Å². The molecule has 1 aromatic carbocycles. The average Bonchev–Trinajstić information content (AvgIpc) is 2.17. The van der Waals surface area contributed by atoms with E-state index in [2.05, 4.69) is 5.32 Å². The van der Waals surface area contributed by atoms with Crippen LogP contribution >= 0.6 is 0 Å². The average molecular weight is 227 g/mol. The van der Waals surface area contributed by atoms with Crippen molar-refractivity contribution in [3.63, 3.8) is 0 Å². The predicted molar refractivity (Wildman–Crippen MR) is 57.4 cm³/mol. The molecule has 1 aromatic rings. The molecular formula is C10H13NO3S. The molecule has 1 N–H and O–H groups in total. The van der Waals surface area contributed by atoms with Gasteiger partial charge in [0.25, 0.3) is 0 Å². The van der Waals surface area contributed by atoms with Crippen LogP contribution in [0.1, 0.15) is 12.5 Å². The summed E-state index contributed by atoms with van der Waals surface area (Å²) in [5.74, 6) is -0.0824. The molecule has 4 nitrogen and oxygen atoms in total. The lowest BCUT2D eigenvalue weighted by Crippen LogP contribution is -2.22. The lowest BCUT2D eigenvalue weighted by Gasteiger charge is -2.02. The highest BCUT2D eigenvalue weighted by Gasteiger charge is 1.98. The monoisotopic (exact) mass is 227 g/mol. The molecule has 5 heteroatoms. The van der Waals surface area contributed by atoms with E-state index < -0.39 is 10.7 Å². The highest BCUT2D eigenvalue weighted by Crippen LogP contribution is 2.06. The third-order valence-electron chi connectivity index (χ3n) is 1.91. The van der Waals surface area contributed by atoms with Gasteiger partial charge in [-0.05, 0) is 24.1 Å². The predicted octanol–water partition coefficient (Wildman–Crippen LogP) is 0.336. The highest BCUT2D eigenvalue weighted by atomic mass is 32.2. The first-order valence-electron chi connectivity index (χ1n) is 4.57. The summed E-state index contributed by atoms with van der Waals surface area (Å²) < 4.78 is 21.4. The minimum Gasteiger partial charge on any atom is -0.356 e. The van der Waals surface area contributed by atoms with E-state index in [1.54, 1.807) is 18.2 Å². The Hall–Kier alpha value is -1.36. The molecule has 0 unspecified atom stereocenters. The van der Waals surface area contributed by atoms with E-state index in [0.29, 0.717) is 17.9 Å². The molecular weight excluding hydrogens is 214 g/mol. The largest absolute Gasteiger partial charge is 0.356 e. The third kappa shape index (κ3) is 4.12. The smallest absolute Gasteiger partial charge is 0.216 e. The summed E-state index contributed by atoms with van der Waals surface area (Å²) >= 11 is 0. The van der Waals surface area contributed by atoms with E-state index in [9.17, 15) is 13.2 Å². The van der Waals surface area contributed by atoms with E-state index in [1.165, 1.54) is 6.92 Å². The van der Waals surface area contributed by atoms with E-state index in [0.717, 1.165) is 5.56 Å². The minimum atomic E-state index is -2.53. The van der Waals surface area contributed by atoms with Crippen LogP contribution in [0.15, 0.2) is 29.2 Å². The zero-order valence-electron chi connectivity index (χ0n) is 8.40. The van der Waals surface area contributed by atoms with Crippen LogP contribution < -0.4 is 5.32 Å². The fraction of sp³-hybridized carbons (Fsp3) is 0.300. The molecule has 0 atom stereocenters.